The van der Waals surface area contributed by atoms with Crippen molar-refractivity contribution >= 4 is 0 Å². The van der Waals surface area contributed by atoms with E-state index in [4.69, 9.17) is 14.6 Å². The number of ether oxygens (including phenoxy) is 2. The minimum atomic E-state index is 0.0605. The van der Waals surface area contributed by atoms with E-state index in [0.29, 0.717) is 6.61 Å². The van der Waals surface area contributed by atoms with Gasteiger partial charge in [-0.05, 0) is 12.5 Å². The molecule has 1 heterocycles. The first kappa shape index (κ1) is 23.5. The van der Waals surface area contributed by atoms with Gasteiger partial charge in [-0.15, -0.1) is 0 Å². The fraction of sp³-hybridized carbons (Fsp3) is 0.913. The molecule has 3 nitrogen and oxygen atoms in total. The molecule has 1 unspecified atom stereocenters. The van der Waals surface area contributed by atoms with Gasteiger partial charge < -0.3 is 14.6 Å². The molecule has 1 aliphatic heterocycles. The predicted octanol–water partition coefficient (Wildman–Crippen LogP) is 6.54. The topological polar surface area (TPSA) is 42.0 Å². The zero-order valence-electron chi connectivity index (χ0n) is 17.4. The van der Waals surface area contributed by atoms with E-state index in [1.807, 2.05) is 0 Å². The van der Waals surface area contributed by atoms with Gasteiger partial charge >= 0.3 is 0 Å². The Morgan fingerprint density at radius 2 is 1.23 bits per heavy atom. The standard InChI is InChI=1S/C23H44O3/c1-2-3-4-5-6-7-8-9-10-11-12-13-14-15-16-17-20-25-21-23-22(26-23)18-19-24/h18,23-24H,2-17,19-21H2,1H3. The van der Waals surface area contributed by atoms with Gasteiger partial charge in [-0.1, -0.05) is 103 Å². The van der Waals surface area contributed by atoms with Crippen molar-refractivity contribution < 1.29 is 14.6 Å². The van der Waals surface area contributed by atoms with Crippen LogP contribution in [-0.4, -0.2) is 31.0 Å². The molecule has 0 bridgehead atoms. The third kappa shape index (κ3) is 14.6. The molecule has 0 amide bonds. The van der Waals surface area contributed by atoms with E-state index < -0.39 is 0 Å². The minimum absolute atomic E-state index is 0.0605. The van der Waals surface area contributed by atoms with Crippen molar-refractivity contribution in [2.24, 2.45) is 0 Å². The molecule has 26 heavy (non-hydrogen) atoms. The second-order valence-corrected chi connectivity index (χ2v) is 7.77. The monoisotopic (exact) mass is 368 g/mol. The van der Waals surface area contributed by atoms with Crippen molar-refractivity contribution in [2.45, 2.75) is 116 Å². The van der Waals surface area contributed by atoms with Crippen molar-refractivity contribution in [3.8, 4) is 0 Å². The van der Waals surface area contributed by atoms with E-state index in [2.05, 4.69) is 6.92 Å². The Morgan fingerprint density at radius 3 is 1.69 bits per heavy atom. The molecule has 1 atom stereocenters. The summed E-state index contributed by atoms with van der Waals surface area (Å²) >= 11 is 0. The van der Waals surface area contributed by atoms with Crippen LogP contribution in [0.4, 0.5) is 0 Å². The van der Waals surface area contributed by atoms with Crippen molar-refractivity contribution in [3.63, 3.8) is 0 Å². The predicted molar refractivity (Wildman–Crippen MR) is 110 cm³/mol. The third-order valence-corrected chi connectivity index (χ3v) is 5.24. The molecule has 1 aliphatic rings. The first-order chi connectivity index (χ1) is 12.9. The van der Waals surface area contributed by atoms with Crippen molar-refractivity contribution in [1.82, 2.24) is 0 Å². The Labute approximate surface area is 162 Å². The maximum atomic E-state index is 8.72. The first-order valence-corrected chi connectivity index (χ1v) is 11.4. The summed E-state index contributed by atoms with van der Waals surface area (Å²) in [6.45, 7) is 3.83. The van der Waals surface area contributed by atoms with Gasteiger partial charge in [0, 0.05) is 6.61 Å². The zero-order chi connectivity index (χ0) is 18.7. The van der Waals surface area contributed by atoms with Crippen LogP contribution in [-0.2, 0) is 9.47 Å². The number of aliphatic hydroxyl groups is 1. The van der Waals surface area contributed by atoms with E-state index in [0.717, 1.165) is 18.8 Å². The van der Waals surface area contributed by atoms with Gasteiger partial charge in [0.15, 0.2) is 6.10 Å². The summed E-state index contributed by atoms with van der Waals surface area (Å²) in [7, 11) is 0. The number of epoxide rings is 1. The largest absolute Gasteiger partial charge is 0.481 e. The Hall–Kier alpha value is -0.540. The first-order valence-electron chi connectivity index (χ1n) is 11.4. The molecule has 0 aromatic rings. The summed E-state index contributed by atoms with van der Waals surface area (Å²) in [5.41, 5.74) is 0. The lowest BCUT2D eigenvalue weighted by molar-refractivity contribution is 0.113. The summed E-state index contributed by atoms with van der Waals surface area (Å²) in [5.74, 6) is 0.888. The van der Waals surface area contributed by atoms with Gasteiger partial charge in [-0.3, -0.25) is 0 Å². The number of unbranched alkanes of at least 4 members (excludes halogenated alkanes) is 15. The van der Waals surface area contributed by atoms with Gasteiger partial charge in [0.1, 0.15) is 5.76 Å². The van der Waals surface area contributed by atoms with Crippen LogP contribution in [0.2, 0.25) is 0 Å². The minimum Gasteiger partial charge on any atom is -0.481 e. The molecular weight excluding hydrogens is 324 g/mol. The molecule has 0 aromatic carbocycles. The average molecular weight is 369 g/mol. The Bertz CT molecular complexity index is 327. The summed E-state index contributed by atoms with van der Waals surface area (Å²) in [6.07, 6.45) is 24.2. The van der Waals surface area contributed by atoms with E-state index in [1.54, 1.807) is 6.08 Å². The quantitative estimate of drug-likeness (QED) is 0.196. The van der Waals surface area contributed by atoms with Crippen LogP contribution in [0.3, 0.4) is 0 Å². The van der Waals surface area contributed by atoms with Gasteiger partial charge in [-0.2, -0.15) is 0 Å². The number of hydrogen-bond donors (Lipinski definition) is 1. The lowest BCUT2D eigenvalue weighted by atomic mass is 10.0. The van der Waals surface area contributed by atoms with E-state index in [-0.39, 0.29) is 12.7 Å². The molecule has 1 saturated heterocycles. The Balaban J connectivity index is 1.65. The molecule has 0 spiro atoms. The van der Waals surface area contributed by atoms with Crippen LogP contribution >= 0.6 is 0 Å². The Morgan fingerprint density at radius 1 is 0.769 bits per heavy atom. The van der Waals surface area contributed by atoms with E-state index in [9.17, 15) is 0 Å². The maximum Gasteiger partial charge on any atom is 0.178 e. The highest BCUT2D eigenvalue weighted by molar-refractivity contribution is 5.13. The summed E-state index contributed by atoms with van der Waals surface area (Å²) < 4.78 is 10.9. The molecule has 154 valence electrons. The van der Waals surface area contributed by atoms with Crippen LogP contribution in [0.5, 0.6) is 0 Å². The number of aliphatic hydroxyl groups excluding tert-OH is 1. The molecule has 0 saturated carbocycles. The van der Waals surface area contributed by atoms with Gasteiger partial charge in [0.25, 0.3) is 0 Å². The van der Waals surface area contributed by atoms with E-state index in [1.165, 1.54) is 96.3 Å². The molecule has 3 heteroatoms. The van der Waals surface area contributed by atoms with Gasteiger partial charge in [0.2, 0.25) is 0 Å². The molecule has 0 radical (unpaired) electrons. The SMILES string of the molecule is CCCCCCCCCCCCCCCCCCOCC1OC1=CCO. The zero-order valence-corrected chi connectivity index (χ0v) is 17.4. The van der Waals surface area contributed by atoms with Crippen molar-refractivity contribution in [2.75, 3.05) is 19.8 Å². The molecule has 0 aromatic heterocycles. The molecule has 1 fully saturated rings. The van der Waals surface area contributed by atoms with Crippen molar-refractivity contribution in [3.05, 3.63) is 11.8 Å². The number of rotatable bonds is 20. The summed E-state index contributed by atoms with van der Waals surface area (Å²) in [6, 6.07) is 0. The lowest BCUT2D eigenvalue weighted by Gasteiger charge is -2.04. The molecular formula is C23H44O3. The number of hydrogen-bond acceptors (Lipinski definition) is 3. The second-order valence-electron chi connectivity index (χ2n) is 7.77. The molecule has 1 N–H and O–H groups in total. The average Bonchev–Trinajstić information content (AvgIpc) is 3.39. The lowest BCUT2D eigenvalue weighted by Crippen LogP contribution is -2.02. The van der Waals surface area contributed by atoms with Gasteiger partial charge in [0.05, 0.1) is 13.2 Å². The highest BCUT2D eigenvalue weighted by atomic mass is 16.6. The van der Waals surface area contributed by atoms with Crippen LogP contribution in [0.1, 0.15) is 110 Å². The molecule has 1 rings (SSSR count). The van der Waals surface area contributed by atoms with Crippen LogP contribution in [0.15, 0.2) is 11.8 Å². The highest BCUT2D eigenvalue weighted by Gasteiger charge is 2.31. The maximum absolute atomic E-state index is 8.72. The Kier molecular flexibility index (Phi) is 16.1. The fourth-order valence-corrected chi connectivity index (χ4v) is 3.46. The van der Waals surface area contributed by atoms with Gasteiger partial charge in [-0.25, -0.2) is 0 Å². The molecule has 0 aliphatic carbocycles. The fourth-order valence-electron chi connectivity index (χ4n) is 3.46. The summed E-state index contributed by atoms with van der Waals surface area (Å²) in [5, 5.41) is 8.72. The van der Waals surface area contributed by atoms with Crippen LogP contribution in [0, 0.1) is 0 Å². The van der Waals surface area contributed by atoms with Crippen LogP contribution in [0.25, 0.3) is 0 Å². The smallest absolute Gasteiger partial charge is 0.178 e. The van der Waals surface area contributed by atoms with Crippen LogP contribution < -0.4 is 0 Å². The summed E-state index contributed by atoms with van der Waals surface area (Å²) in [4.78, 5) is 0. The normalized spacial score (nSPS) is 17.6. The van der Waals surface area contributed by atoms with Crippen molar-refractivity contribution in [1.29, 1.82) is 0 Å². The second kappa shape index (κ2) is 17.9. The third-order valence-electron chi connectivity index (χ3n) is 5.24. The van der Waals surface area contributed by atoms with E-state index >= 15 is 0 Å². The highest BCUT2D eigenvalue weighted by Crippen LogP contribution is 2.26.